The summed E-state index contributed by atoms with van der Waals surface area (Å²) >= 11 is 0. The summed E-state index contributed by atoms with van der Waals surface area (Å²) in [6.45, 7) is 3.63. The molecular formula is C14H15N3O. The molecule has 4 heteroatoms. The fraction of sp³-hybridized carbons (Fsp3) is 0.286. The number of benzene rings is 1. The Morgan fingerprint density at radius 2 is 2.28 bits per heavy atom. The van der Waals surface area contributed by atoms with Crippen molar-refractivity contribution in [2.24, 2.45) is 0 Å². The van der Waals surface area contributed by atoms with Gasteiger partial charge in [0, 0.05) is 18.5 Å². The number of hydrogen-bond acceptors (Lipinski definition) is 4. The molecule has 18 heavy (non-hydrogen) atoms. The van der Waals surface area contributed by atoms with E-state index < -0.39 is 0 Å². The summed E-state index contributed by atoms with van der Waals surface area (Å²) in [6.07, 6.45) is 4.48. The minimum Gasteiger partial charge on any atom is -0.492 e. The monoisotopic (exact) mass is 241 g/mol. The first-order chi connectivity index (χ1) is 8.88. The average molecular weight is 241 g/mol. The van der Waals surface area contributed by atoms with Crippen LogP contribution in [0.2, 0.25) is 0 Å². The SMILES string of the molecule is CCNc1cncc(-c2cccc3c2OCC3)n1. The quantitative estimate of drug-likeness (QED) is 0.897. The Balaban J connectivity index is 2.05. The molecule has 0 aliphatic carbocycles. The topological polar surface area (TPSA) is 47.0 Å². The molecule has 2 heterocycles. The zero-order valence-corrected chi connectivity index (χ0v) is 10.3. The second kappa shape index (κ2) is 4.64. The third kappa shape index (κ3) is 1.90. The normalized spacial score (nSPS) is 12.9. The van der Waals surface area contributed by atoms with Gasteiger partial charge in [-0.25, -0.2) is 4.98 Å². The van der Waals surface area contributed by atoms with Crippen LogP contribution in [0.1, 0.15) is 12.5 Å². The molecule has 0 fully saturated rings. The summed E-state index contributed by atoms with van der Waals surface area (Å²) in [4.78, 5) is 8.78. The Hall–Kier alpha value is -2.10. The van der Waals surface area contributed by atoms with Gasteiger partial charge in [0.25, 0.3) is 0 Å². The van der Waals surface area contributed by atoms with Gasteiger partial charge in [0.05, 0.1) is 24.7 Å². The third-order valence-electron chi connectivity index (χ3n) is 2.98. The van der Waals surface area contributed by atoms with E-state index in [0.29, 0.717) is 0 Å². The summed E-state index contributed by atoms with van der Waals surface area (Å²) in [6, 6.07) is 6.18. The smallest absolute Gasteiger partial charge is 0.145 e. The molecule has 0 spiro atoms. The Morgan fingerprint density at radius 3 is 3.17 bits per heavy atom. The number of ether oxygens (including phenoxy) is 1. The van der Waals surface area contributed by atoms with Crippen molar-refractivity contribution in [1.82, 2.24) is 9.97 Å². The summed E-state index contributed by atoms with van der Waals surface area (Å²) in [5.74, 6) is 1.76. The van der Waals surface area contributed by atoms with E-state index >= 15 is 0 Å². The Labute approximate surface area is 106 Å². The number of para-hydroxylation sites is 1. The van der Waals surface area contributed by atoms with Crippen molar-refractivity contribution in [3.63, 3.8) is 0 Å². The van der Waals surface area contributed by atoms with Gasteiger partial charge in [-0.15, -0.1) is 0 Å². The predicted molar refractivity (Wildman–Crippen MR) is 70.8 cm³/mol. The average Bonchev–Trinajstić information content (AvgIpc) is 2.87. The van der Waals surface area contributed by atoms with Crippen molar-refractivity contribution in [2.45, 2.75) is 13.3 Å². The molecule has 0 saturated heterocycles. The van der Waals surface area contributed by atoms with Crippen molar-refractivity contribution < 1.29 is 4.74 Å². The lowest BCUT2D eigenvalue weighted by molar-refractivity contribution is 0.358. The van der Waals surface area contributed by atoms with Gasteiger partial charge >= 0.3 is 0 Å². The van der Waals surface area contributed by atoms with Gasteiger partial charge in [-0.1, -0.05) is 12.1 Å². The highest BCUT2D eigenvalue weighted by Crippen LogP contribution is 2.35. The second-order valence-corrected chi connectivity index (χ2v) is 4.21. The summed E-state index contributed by atoms with van der Waals surface area (Å²) in [7, 11) is 0. The number of nitrogens with one attached hydrogen (secondary N) is 1. The maximum absolute atomic E-state index is 5.70. The Morgan fingerprint density at radius 1 is 1.33 bits per heavy atom. The summed E-state index contributed by atoms with van der Waals surface area (Å²) in [5, 5.41) is 3.17. The number of anilines is 1. The molecule has 0 amide bonds. The van der Waals surface area contributed by atoms with Crippen molar-refractivity contribution in [3.8, 4) is 17.0 Å². The van der Waals surface area contributed by atoms with Gasteiger partial charge in [-0.05, 0) is 18.6 Å². The fourth-order valence-corrected chi connectivity index (χ4v) is 2.18. The van der Waals surface area contributed by atoms with Crippen LogP contribution >= 0.6 is 0 Å². The zero-order chi connectivity index (χ0) is 12.4. The highest BCUT2D eigenvalue weighted by molar-refractivity contribution is 5.70. The van der Waals surface area contributed by atoms with Gasteiger partial charge in [-0.2, -0.15) is 0 Å². The molecule has 1 aromatic heterocycles. The summed E-state index contributed by atoms with van der Waals surface area (Å²) < 4.78 is 5.70. The van der Waals surface area contributed by atoms with Crippen molar-refractivity contribution in [2.75, 3.05) is 18.5 Å². The van der Waals surface area contributed by atoms with E-state index in [0.717, 1.165) is 42.4 Å². The van der Waals surface area contributed by atoms with Gasteiger partial charge in [-0.3, -0.25) is 4.98 Å². The molecular weight excluding hydrogens is 226 g/mol. The molecule has 1 aliphatic rings. The first kappa shape index (κ1) is 11.0. The van der Waals surface area contributed by atoms with E-state index in [-0.39, 0.29) is 0 Å². The number of rotatable bonds is 3. The number of hydrogen-bond donors (Lipinski definition) is 1. The van der Waals surface area contributed by atoms with E-state index in [1.807, 2.05) is 19.1 Å². The Bertz CT molecular complexity index is 569. The van der Waals surface area contributed by atoms with E-state index in [2.05, 4.69) is 21.4 Å². The number of aromatic nitrogens is 2. The maximum Gasteiger partial charge on any atom is 0.145 e. The first-order valence-corrected chi connectivity index (χ1v) is 6.19. The summed E-state index contributed by atoms with van der Waals surface area (Å²) in [5.41, 5.74) is 3.13. The van der Waals surface area contributed by atoms with Crippen molar-refractivity contribution in [3.05, 3.63) is 36.2 Å². The molecule has 1 aromatic carbocycles. The van der Waals surface area contributed by atoms with E-state index in [1.165, 1.54) is 5.56 Å². The van der Waals surface area contributed by atoms with Crippen molar-refractivity contribution >= 4 is 5.82 Å². The molecule has 4 nitrogen and oxygen atoms in total. The van der Waals surface area contributed by atoms with Crippen LogP contribution in [-0.2, 0) is 6.42 Å². The second-order valence-electron chi connectivity index (χ2n) is 4.21. The van der Waals surface area contributed by atoms with Gasteiger partial charge < -0.3 is 10.1 Å². The van der Waals surface area contributed by atoms with E-state index in [9.17, 15) is 0 Å². The zero-order valence-electron chi connectivity index (χ0n) is 10.3. The molecule has 0 radical (unpaired) electrons. The lowest BCUT2D eigenvalue weighted by Crippen LogP contribution is -2.01. The minimum atomic E-state index is 0.757. The third-order valence-corrected chi connectivity index (χ3v) is 2.98. The van der Waals surface area contributed by atoms with Crippen LogP contribution in [0.3, 0.4) is 0 Å². The van der Waals surface area contributed by atoms with Crippen LogP contribution in [0, 0.1) is 0 Å². The van der Waals surface area contributed by atoms with Gasteiger partial charge in [0.1, 0.15) is 11.6 Å². The molecule has 3 rings (SSSR count). The first-order valence-electron chi connectivity index (χ1n) is 6.19. The molecule has 0 bridgehead atoms. The van der Waals surface area contributed by atoms with Gasteiger partial charge in [0.15, 0.2) is 0 Å². The van der Waals surface area contributed by atoms with Crippen LogP contribution < -0.4 is 10.1 Å². The highest BCUT2D eigenvalue weighted by Gasteiger charge is 2.17. The molecule has 0 unspecified atom stereocenters. The van der Waals surface area contributed by atoms with Crippen LogP contribution in [-0.4, -0.2) is 23.1 Å². The van der Waals surface area contributed by atoms with E-state index in [1.54, 1.807) is 12.4 Å². The molecule has 2 aromatic rings. The molecule has 1 N–H and O–H groups in total. The van der Waals surface area contributed by atoms with E-state index in [4.69, 9.17) is 4.74 Å². The Kier molecular flexibility index (Phi) is 2.84. The number of fused-ring (bicyclic) bond motifs is 1. The van der Waals surface area contributed by atoms with Crippen molar-refractivity contribution in [1.29, 1.82) is 0 Å². The molecule has 0 saturated carbocycles. The van der Waals surface area contributed by atoms with Crippen LogP contribution in [0.25, 0.3) is 11.3 Å². The minimum absolute atomic E-state index is 0.757. The fourth-order valence-electron chi connectivity index (χ4n) is 2.18. The molecule has 92 valence electrons. The predicted octanol–water partition coefficient (Wildman–Crippen LogP) is 2.51. The maximum atomic E-state index is 5.70. The lowest BCUT2D eigenvalue weighted by atomic mass is 10.1. The standard InChI is InChI=1S/C14H15N3O/c1-2-16-13-9-15-8-12(17-13)11-5-3-4-10-6-7-18-14(10)11/h3-5,8-9H,2,6-7H2,1H3,(H,16,17). The lowest BCUT2D eigenvalue weighted by Gasteiger charge is -2.08. The van der Waals surface area contributed by atoms with Crippen LogP contribution in [0.4, 0.5) is 5.82 Å². The molecule has 0 atom stereocenters. The molecule has 1 aliphatic heterocycles. The largest absolute Gasteiger partial charge is 0.492 e. The van der Waals surface area contributed by atoms with Gasteiger partial charge in [0.2, 0.25) is 0 Å². The highest BCUT2D eigenvalue weighted by atomic mass is 16.5. The number of nitrogens with zero attached hydrogens (tertiary/aromatic N) is 2. The van der Waals surface area contributed by atoms with Crippen LogP contribution in [0.5, 0.6) is 5.75 Å². The van der Waals surface area contributed by atoms with Crippen LogP contribution in [0.15, 0.2) is 30.6 Å².